The van der Waals surface area contributed by atoms with Gasteiger partial charge in [-0.2, -0.15) is 8.42 Å². The van der Waals surface area contributed by atoms with Gasteiger partial charge in [0, 0.05) is 5.39 Å². The molecule has 0 aliphatic carbocycles. The van der Waals surface area contributed by atoms with Crippen molar-refractivity contribution in [2.75, 3.05) is 27.4 Å². The van der Waals surface area contributed by atoms with Crippen molar-refractivity contribution in [3.05, 3.63) is 95.4 Å². The number of rotatable bonds is 10. The third-order valence-corrected chi connectivity index (χ3v) is 8.42. The third-order valence-electron chi connectivity index (χ3n) is 6.22. The fourth-order valence-corrected chi connectivity index (χ4v) is 6.28. The molecule has 11 heteroatoms. The van der Waals surface area contributed by atoms with Gasteiger partial charge in [-0.25, -0.2) is 0 Å². The molecule has 1 aliphatic rings. The van der Waals surface area contributed by atoms with Crippen molar-refractivity contribution in [2.45, 2.75) is 4.90 Å². The Labute approximate surface area is 241 Å². The highest BCUT2D eigenvalue weighted by Crippen LogP contribution is 2.36. The van der Waals surface area contributed by atoms with Gasteiger partial charge in [0.05, 0.1) is 25.7 Å². The summed E-state index contributed by atoms with van der Waals surface area (Å²) in [6.07, 6.45) is 1.54. The number of ether oxygens (including phenoxy) is 3. The summed E-state index contributed by atoms with van der Waals surface area (Å²) >= 11 is 0.807. The van der Waals surface area contributed by atoms with Gasteiger partial charge in [-0.05, 0) is 59.1 Å². The molecule has 0 unspecified atom stereocenters. The van der Waals surface area contributed by atoms with E-state index in [9.17, 15) is 18.0 Å². The van der Waals surface area contributed by atoms with E-state index in [0.29, 0.717) is 22.4 Å². The molecular formula is C30H25NO8S2. The number of methoxy groups -OCH3 is 2. The lowest BCUT2D eigenvalue weighted by Crippen LogP contribution is -2.32. The van der Waals surface area contributed by atoms with Crippen molar-refractivity contribution in [3.63, 3.8) is 0 Å². The second-order valence-corrected chi connectivity index (χ2v) is 11.3. The fourth-order valence-electron chi connectivity index (χ4n) is 4.25. The van der Waals surface area contributed by atoms with Crippen molar-refractivity contribution < 1.29 is 36.4 Å². The van der Waals surface area contributed by atoms with Crippen LogP contribution in [-0.4, -0.2) is 51.8 Å². The van der Waals surface area contributed by atoms with E-state index in [1.165, 1.54) is 38.5 Å². The van der Waals surface area contributed by atoms with E-state index >= 15 is 0 Å². The number of nitrogens with zero attached hydrogens (tertiary/aromatic N) is 1. The lowest BCUT2D eigenvalue weighted by atomic mass is 10.1. The predicted molar refractivity (Wildman–Crippen MR) is 156 cm³/mol. The Morgan fingerprint density at radius 3 is 2.29 bits per heavy atom. The van der Waals surface area contributed by atoms with Gasteiger partial charge in [-0.3, -0.25) is 14.5 Å². The molecule has 5 rings (SSSR count). The molecule has 0 saturated carbocycles. The number of thioether (sulfide) groups is 1. The zero-order chi connectivity index (χ0) is 29.0. The van der Waals surface area contributed by atoms with Crippen molar-refractivity contribution >= 4 is 49.9 Å². The number of hydrogen-bond acceptors (Lipinski definition) is 9. The van der Waals surface area contributed by atoms with Gasteiger partial charge >= 0.3 is 10.1 Å². The van der Waals surface area contributed by atoms with Crippen molar-refractivity contribution in [2.24, 2.45) is 0 Å². The van der Waals surface area contributed by atoms with Gasteiger partial charge in [-0.1, -0.05) is 54.6 Å². The number of benzene rings is 4. The number of hydrogen-bond donors (Lipinski definition) is 0. The summed E-state index contributed by atoms with van der Waals surface area (Å²) in [6, 6.07) is 23.7. The molecule has 4 aromatic carbocycles. The lowest BCUT2D eigenvalue weighted by Gasteiger charge is -2.14. The molecule has 0 aromatic heterocycles. The van der Waals surface area contributed by atoms with Gasteiger partial charge in [0.2, 0.25) is 0 Å². The Morgan fingerprint density at radius 2 is 1.51 bits per heavy atom. The molecule has 1 aliphatic heterocycles. The summed E-state index contributed by atoms with van der Waals surface area (Å²) in [5, 5.41) is 0.882. The highest BCUT2D eigenvalue weighted by atomic mass is 32.2. The normalized spacial score (nSPS) is 14.5. The molecule has 1 heterocycles. The standard InChI is InChI=1S/C30H25NO8S2/c1-36-23-11-5-6-12-24(23)38-17-16-31-29(32)27(40-30(31)33)19-20-14-15-25(26(18-20)37-2)39-41(34,35)28-13-7-9-21-8-3-4-10-22(21)28/h3-15,18-19H,16-17H2,1-2H3/b27-19-. The molecule has 1 saturated heterocycles. The smallest absolute Gasteiger partial charge is 0.339 e. The molecule has 0 N–H and O–H groups in total. The maximum absolute atomic E-state index is 13.2. The topological polar surface area (TPSA) is 108 Å². The van der Waals surface area contributed by atoms with E-state index in [1.54, 1.807) is 42.5 Å². The summed E-state index contributed by atoms with van der Waals surface area (Å²) in [6.45, 7) is 0.152. The average Bonchev–Trinajstić information content (AvgIpc) is 3.24. The molecule has 4 aromatic rings. The zero-order valence-corrected chi connectivity index (χ0v) is 23.7. The molecule has 41 heavy (non-hydrogen) atoms. The van der Waals surface area contributed by atoms with Crippen molar-refractivity contribution in [1.82, 2.24) is 4.90 Å². The Morgan fingerprint density at radius 1 is 0.805 bits per heavy atom. The molecular weight excluding hydrogens is 566 g/mol. The second-order valence-electron chi connectivity index (χ2n) is 8.76. The first-order valence-electron chi connectivity index (χ1n) is 12.4. The van der Waals surface area contributed by atoms with Crippen LogP contribution in [0.2, 0.25) is 0 Å². The van der Waals surface area contributed by atoms with E-state index in [4.69, 9.17) is 18.4 Å². The largest absolute Gasteiger partial charge is 0.493 e. The van der Waals surface area contributed by atoms with Crippen LogP contribution in [0.4, 0.5) is 4.79 Å². The molecule has 0 spiro atoms. The van der Waals surface area contributed by atoms with E-state index in [0.717, 1.165) is 22.0 Å². The van der Waals surface area contributed by atoms with E-state index in [1.807, 2.05) is 24.3 Å². The summed E-state index contributed by atoms with van der Waals surface area (Å²) in [5.74, 6) is 0.731. The van der Waals surface area contributed by atoms with Gasteiger partial charge in [0.25, 0.3) is 11.1 Å². The van der Waals surface area contributed by atoms with Crippen LogP contribution in [-0.2, 0) is 14.9 Å². The molecule has 9 nitrogen and oxygen atoms in total. The molecule has 0 bridgehead atoms. The SMILES string of the molecule is COc1ccccc1OCCN1C(=O)S/C(=C\c2ccc(OS(=O)(=O)c3cccc4ccccc34)c(OC)c2)C1=O. The number of para-hydroxylation sites is 2. The van der Waals surface area contributed by atoms with Gasteiger partial charge in [0.1, 0.15) is 11.5 Å². The van der Waals surface area contributed by atoms with E-state index in [2.05, 4.69) is 0 Å². The third kappa shape index (κ3) is 6.01. The highest BCUT2D eigenvalue weighted by Gasteiger charge is 2.35. The number of carbonyl (C=O) groups is 2. The van der Waals surface area contributed by atoms with Crippen LogP contribution in [0.3, 0.4) is 0 Å². The van der Waals surface area contributed by atoms with Crippen LogP contribution < -0.4 is 18.4 Å². The minimum atomic E-state index is -4.19. The number of amides is 2. The zero-order valence-electron chi connectivity index (χ0n) is 22.1. The monoisotopic (exact) mass is 591 g/mol. The lowest BCUT2D eigenvalue weighted by molar-refractivity contribution is -0.123. The summed E-state index contributed by atoms with van der Waals surface area (Å²) in [5.41, 5.74) is 0.521. The quantitative estimate of drug-likeness (QED) is 0.168. The fraction of sp³-hybridized carbons (Fsp3) is 0.133. The minimum absolute atomic E-state index is 0.0147. The Balaban J connectivity index is 1.30. The van der Waals surface area contributed by atoms with Gasteiger partial charge < -0.3 is 18.4 Å². The van der Waals surface area contributed by atoms with E-state index in [-0.39, 0.29) is 34.5 Å². The van der Waals surface area contributed by atoms with Crippen molar-refractivity contribution in [1.29, 1.82) is 0 Å². The molecule has 2 amide bonds. The van der Waals surface area contributed by atoms with Crippen molar-refractivity contribution in [3.8, 4) is 23.0 Å². The van der Waals surface area contributed by atoms with Crippen LogP contribution in [0, 0.1) is 0 Å². The summed E-state index contributed by atoms with van der Waals surface area (Å²) in [7, 11) is -1.28. The first kappa shape index (κ1) is 28.1. The maximum atomic E-state index is 13.2. The predicted octanol–water partition coefficient (Wildman–Crippen LogP) is 5.74. The number of fused-ring (bicyclic) bond motifs is 1. The second kappa shape index (κ2) is 11.9. The Kier molecular flexibility index (Phi) is 8.18. The minimum Gasteiger partial charge on any atom is -0.493 e. The number of imide groups is 1. The molecule has 0 radical (unpaired) electrons. The average molecular weight is 592 g/mol. The highest BCUT2D eigenvalue weighted by molar-refractivity contribution is 8.18. The van der Waals surface area contributed by atoms with Gasteiger partial charge in [-0.15, -0.1) is 0 Å². The van der Waals surface area contributed by atoms with Crippen LogP contribution in [0.15, 0.2) is 94.7 Å². The van der Waals surface area contributed by atoms with Crippen LogP contribution in [0.25, 0.3) is 16.8 Å². The molecule has 1 fully saturated rings. The Hall–Kier alpha value is -4.48. The maximum Gasteiger partial charge on any atom is 0.339 e. The number of carbonyl (C=O) groups excluding carboxylic acids is 2. The van der Waals surface area contributed by atoms with Crippen LogP contribution >= 0.6 is 11.8 Å². The summed E-state index contributed by atoms with van der Waals surface area (Å²) < 4.78 is 48.2. The first-order valence-corrected chi connectivity index (χ1v) is 14.6. The Bertz CT molecular complexity index is 1760. The van der Waals surface area contributed by atoms with Gasteiger partial charge in [0.15, 0.2) is 23.0 Å². The summed E-state index contributed by atoms with van der Waals surface area (Å²) in [4.78, 5) is 26.9. The van der Waals surface area contributed by atoms with Crippen LogP contribution in [0.1, 0.15) is 5.56 Å². The first-order chi connectivity index (χ1) is 19.8. The van der Waals surface area contributed by atoms with E-state index < -0.39 is 21.3 Å². The molecule has 210 valence electrons. The van der Waals surface area contributed by atoms with Crippen LogP contribution in [0.5, 0.6) is 23.0 Å². The molecule has 0 atom stereocenters.